The number of ether oxygens (including phenoxy) is 2. The molecule has 1 N–H and O–H groups in total. The number of hydrogen-bond acceptors (Lipinski definition) is 4. The maximum absolute atomic E-state index is 13.9. The molecule has 0 saturated heterocycles. The fourth-order valence-electron chi connectivity index (χ4n) is 2.30. The van der Waals surface area contributed by atoms with Gasteiger partial charge in [-0.2, -0.15) is 22.0 Å². The summed E-state index contributed by atoms with van der Waals surface area (Å²) < 4.78 is 76.5. The second-order valence-electron chi connectivity index (χ2n) is 6.36. The highest BCUT2D eigenvalue weighted by atomic mass is 19.4. The predicted molar refractivity (Wildman–Crippen MR) is 83.5 cm³/mol. The van der Waals surface area contributed by atoms with Crippen LogP contribution in [0.25, 0.3) is 0 Å². The molecule has 1 aliphatic rings. The van der Waals surface area contributed by atoms with Gasteiger partial charge in [0.25, 0.3) is 0 Å². The molecule has 4 nitrogen and oxygen atoms in total. The number of aliphatic imine (C=N–C) groups is 1. The van der Waals surface area contributed by atoms with Gasteiger partial charge in [-0.1, -0.05) is 0 Å². The van der Waals surface area contributed by atoms with Crippen LogP contribution in [0.15, 0.2) is 29.3 Å². The Bertz CT molecular complexity index is 626. The van der Waals surface area contributed by atoms with E-state index in [1.807, 2.05) is 0 Å². The second kappa shape index (κ2) is 6.68. The first-order chi connectivity index (χ1) is 11.4. The Balaban J connectivity index is 2.25. The van der Waals surface area contributed by atoms with Crippen LogP contribution in [0.5, 0.6) is 5.75 Å². The molecule has 0 amide bonds. The number of hydrogen-bond donors (Lipinski definition) is 1. The van der Waals surface area contributed by atoms with Crippen LogP contribution in [0.3, 0.4) is 0 Å². The van der Waals surface area contributed by atoms with E-state index < -0.39 is 30.1 Å². The van der Waals surface area contributed by atoms with E-state index in [0.717, 1.165) is 0 Å². The van der Waals surface area contributed by atoms with Gasteiger partial charge in [0, 0.05) is 12.1 Å². The van der Waals surface area contributed by atoms with Gasteiger partial charge in [-0.05, 0) is 38.1 Å². The molecule has 1 aromatic rings. The summed E-state index contributed by atoms with van der Waals surface area (Å²) in [6.07, 6.45) is -6.40. The van der Waals surface area contributed by atoms with E-state index in [0.29, 0.717) is 5.75 Å². The van der Waals surface area contributed by atoms with Crippen molar-refractivity contribution in [1.82, 2.24) is 0 Å². The number of alkyl halides is 5. The highest BCUT2D eigenvalue weighted by Gasteiger charge is 2.62. The summed E-state index contributed by atoms with van der Waals surface area (Å²) in [6, 6.07) is 3.38. The van der Waals surface area contributed by atoms with Crippen molar-refractivity contribution in [2.75, 3.05) is 19.0 Å². The zero-order chi connectivity index (χ0) is 18.9. The first kappa shape index (κ1) is 19.3. The molecule has 0 saturated carbocycles. The minimum atomic E-state index is -5.70. The van der Waals surface area contributed by atoms with Crippen molar-refractivity contribution in [2.45, 2.75) is 43.9 Å². The molecule has 0 spiro atoms. The van der Waals surface area contributed by atoms with Crippen LogP contribution in [-0.4, -0.2) is 43.3 Å². The molecule has 1 aromatic carbocycles. The summed E-state index contributed by atoms with van der Waals surface area (Å²) in [7, 11) is 1.42. The molecule has 1 aliphatic heterocycles. The quantitative estimate of drug-likeness (QED) is 0.765. The first-order valence-electron chi connectivity index (χ1n) is 7.51. The van der Waals surface area contributed by atoms with Crippen molar-refractivity contribution in [3.63, 3.8) is 0 Å². The lowest BCUT2D eigenvalue weighted by molar-refractivity contribution is -0.286. The Morgan fingerprint density at radius 1 is 1.20 bits per heavy atom. The van der Waals surface area contributed by atoms with E-state index >= 15 is 0 Å². The van der Waals surface area contributed by atoms with Gasteiger partial charge in [-0.25, -0.2) is 4.99 Å². The highest BCUT2D eigenvalue weighted by Crippen LogP contribution is 2.41. The number of benzene rings is 1. The SMILES string of the molecule is COc1ccc(NC(CC2=NC(C)(C)CO2)C(F)(F)C(F)(F)F)cc1. The fourth-order valence-corrected chi connectivity index (χ4v) is 2.30. The summed E-state index contributed by atoms with van der Waals surface area (Å²) in [4.78, 5) is 4.06. The lowest BCUT2D eigenvalue weighted by Gasteiger charge is -2.29. The van der Waals surface area contributed by atoms with Crippen LogP contribution in [0.1, 0.15) is 20.3 Å². The number of nitrogens with one attached hydrogen (secondary N) is 1. The van der Waals surface area contributed by atoms with Crippen molar-refractivity contribution in [3.8, 4) is 5.75 Å². The van der Waals surface area contributed by atoms with Crippen molar-refractivity contribution in [2.24, 2.45) is 4.99 Å². The average Bonchev–Trinajstić information content (AvgIpc) is 2.85. The summed E-state index contributed by atoms with van der Waals surface area (Å²) >= 11 is 0. The van der Waals surface area contributed by atoms with Gasteiger partial charge in [-0.15, -0.1) is 0 Å². The number of halogens is 5. The number of rotatable bonds is 6. The summed E-state index contributed by atoms with van der Waals surface area (Å²) in [5.74, 6) is -4.64. The van der Waals surface area contributed by atoms with Gasteiger partial charge in [0.2, 0.25) is 0 Å². The van der Waals surface area contributed by atoms with E-state index in [2.05, 4.69) is 10.3 Å². The van der Waals surface area contributed by atoms with Crippen molar-refractivity contribution >= 4 is 11.6 Å². The fraction of sp³-hybridized carbons (Fsp3) is 0.562. The summed E-state index contributed by atoms with van der Waals surface area (Å²) in [6.45, 7) is 3.54. The van der Waals surface area contributed by atoms with Gasteiger partial charge < -0.3 is 14.8 Å². The number of anilines is 1. The molecule has 2 rings (SSSR count). The van der Waals surface area contributed by atoms with Gasteiger partial charge >= 0.3 is 12.1 Å². The highest BCUT2D eigenvalue weighted by molar-refractivity contribution is 5.79. The zero-order valence-electron chi connectivity index (χ0n) is 14.0. The number of methoxy groups -OCH3 is 1. The molecule has 0 aliphatic carbocycles. The Morgan fingerprint density at radius 2 is 1.80 bits per heavy atom. The predicted octanol–water partition coefficient (Wildman–Crippen LogP) is 4.27. The molecule has 0 fully saturated rings. The van der Waals surface area contributed by atoms with Crippen LogP contribution in [0.2, 0.25) is 0 Å². The molecule has 25 heavy (non-hydrogen) atoms. The largest absolute Gasteiger partial charge is 0.497 e. The van der Waals surface area contributed by atoms with Crippen LogP contribution >= 0.6 is 0 Å². The molecular formula is C16H19F5N2O2. The van der Waals surface area contributed by atoms with E-state index in [9.17, 15) is 22.0 Å². The third-order valence-corrected chi connectivity index (χ3v) is 3.64. The Hall–Kier alpha value is -2.06. The third kappa shape index (κ3) is 4.52. The molecule has 0 bridgehead atoms. The minimum absolute atomic E-state index is 0.104. The molecule has 0 radical (unpaired) electrons. The maximum Gasteiger partial charge on any atom is 0.455 e. The second-order valence-corrected chi connectivity index (χ2v) is 6.36. The van der Waals surface area contributed by atoms with Crippen LogP contribution in [0.4, 0.5) is 27.6 Å². The first-order valence-corrected chi connectivity index (χ1v) is 7.51. The lowest BCUT2D eigenvalue weighted by Crippen LogP contribution is -2.51. The minimum Gasteiger partial charge on any atom is -0.497 e. The van der Waals surface area contributed by atoms with E-state index in [1.54, 1.807) is 13.8 Å². The van der Waals surface area contributed by atoms with Crippen LogP contribution in [0, 0.1) is 0 Å². The van der Waals surface area contributed by atoms with Crippen molar-refractivity contribution < 1.29 is 31.4 Å². The Kier molecular flexibility index (Phi) is 5.15. The average molecular weight is 366 g/mol. The van der Waals surface area contributed by atoms with Gasteiger partial charge in [-0.3, -0.25) is 0 Å². The lowest BCUT2D eigenvalue weighted by atomic mass is 10.0. The molecular weight excluding hydrogens is 347 g/mol. The normalized spacial score (nSPS) is 18.3. The summed E-state index contributed by atoms with van der Waals surface area (Å²) in [5.41, 5.74) is -0.541. The van der Waals surface area contributed by atoms with Crippen molar-refractivity contribution in [1.29, 1.82) is 0 Å². The Morgan fingerprint density at radius 3 is 2.24 bits per heavy atom. The molecule has 1 unspecified atom stereocenters. The molecule has 1 heterocycles. The van der Waals surface area contributed by atoms with Gasteiger partial charge in [0.15, 0.2) is 5.90 Å². The standard InChI is InChI=1S/C16H19F5N2O2/c1-14(2)9-25-13(23-14)8-12(15(17,18)16(19,20)21)22-10-4-6-11(24-3)7-5-10/h4-7,12,22H,8-9H2,1-3H3. The van der Waals surface area contributed by atoms with Gasteiger partial charge in [0.05, 0.1) is 12.6 Å². The monoisotopic (exact) mass is 366 g/mol. The summed E-state index contributed by atoms with van der Waals surface area (Å²) in [5, 5.41) is 2.24. The smallest absolute Gasteiger partial charge is 0.455 e. The third-order valence-electron chi connectivity index (χ3n) is 3.64. The van der Waals surface area contributed by atoms with Crippen molar-refractivity contribution in [3.05, 3.63) is 24.3 Å². The van der Waals surface area contributed by atoms with Crippen LogP contribution < -0.4 is 10.1 Å². The topological polar surface area (TPSA) is 42.8 Å². The number of nitrogens with zero attached hydrogens (tertiary/aromatic N) is 1. The van der Waals surface area contributed by atoms with E-state index in [1.165, 1.54) is 31.4 Å². The zero-order valence-corrected chi connectivity index (χ0v) is 14.0. The maximum atomic E-state index is 13.9. The Labute approximate surface area is 142 Å². The van der Waals surface area contributed by atoms with E-state index in [-0.39, 0.29) is 18.2 Å². The van der Waals surface area contributed by atoms with E-state index in [4.69, 9.17) is 9.47 Å². The molecule has 1 atom stereocenters. The molecule has 140 valence electrons. The van der Waals surface area contributed by atoms with Crippen LogP contribution in [-0.2, 0) is 4.74 Å². The molecule has 0 aromatic heterocycles. The molecule has 9 heteroatoms. The van der Waals surface area contributed by atoms with Gasteiger partial charge in [0.1, 0.15) is 18.4 Å².